The Kier molecular flexibility index (Phi) is 6.34. The molecule has 5 nitrogen and oxygen atoms in total. The number of thiophene rings is 1. The second-order valence-electron chi connectivity index (χ2n) is 6.97. The molecule has 1 aliphatic rings. The van der Waals surface area contributed by atoms with Crippen molar-refractivity contribution in [2.45, 2.75) is 13.5 Å². The summed E-state index contributed by atoms with van der Waals surface area (Å²) in [5.41, 5.74) is 2.06. The molecule has 0 radical (unpaired) electrons. The van der Waals surface area contributed by atoms with Crippen molar-refractivity contribution in [2.75, 3.05) is 33.3 Å². The Morgan fingerprint density at radius 1 is 1.21 bits per heavy atom. The van der Waals surface area contributed by atoms with Gasteiger partial charge in [0.2, 0.25) is 0 Å². The first kappa shape index (κ1) is 20.5. The van der Waals surface area contributed by atoms with Crippen LogP contribution in [0.5, 0.6) is 5.75 Å². The van der Waals surface area contributed by atoms with E-state index in [9.17, 15) is 4.79 Å². The molecule has 3 aromatic rings. The van der Waals surface area contributed by atoms with Crippen molar-refractivity contribution in [3.63, 3.8) is 0 Å². The normalized spacial score (nSPS) is 14.9. The van der Waals surface area contributed by atoms with Crippen LogP contribution in [0.25, 0.3) is 10.6 Å². The average Bonchev–Trinajstić information content (AvgIpc) is 3.37. The summed E-state index contributed by atoms with van der Waals surface area (Å²) in [6.07, 6.45) is 0. The Morgan fingerprint density at radius 2 is 2.00 bits per heavy atom. The van der Waals surface area contributed by atoms with E-state index in [-0.39, 0.29) is 5.91 Å². The van der Waals surface area contributed by atoms with E-state index in [0.717, 1.165) is 64.1 Å². The van der Waals surface area contributed by atoms with Gasteiger partial charge in [0.05, 0.1) is 23.2 Å². The van der Waals surface area contributed by atoms with Crippen molar-refractivity contribution in [1.29, 1.82) is 0 Å². The van der Waals surface area contributed by atoms with E-state index in [1.807, 2.05) is 42.2 Å². The van der Waals surface area contributed by atoms with Crippen molar-refractivity contribution in [3.05, 3.63) is 55.6 Å². The first-order valence-electron chi connectivity index (χ1n) is 9.40. The highest BCUT2D eigenvalue weighted by Gasteiger charge is 2.23. The molecule has 1 aromatic carbocycles. The molecule has 4 rings (SSSR count). The third-order valence-electron chi connectivity index (χ3n) is 4.94. The Bertz CT molecular complexity index is 1010. The summed E-state index contributed by atoms with van der Waals surface area (Å²) in [6, 6.07) is 9.90. The van der Waals surface area contributed by atoms with Crippen LogP contribution in [-0.2, 0) is 6.54 Å². The monoisotopic (exact) mass is 491 g/mol. The van der Waals surface area contributed by atoms with Gasteiger partial charge >= 0.3 is 0 Å². The Hall–Kier alpha value is -1.74. The van der Waals surface area contributed by atoms with E-state index in [1.165, 1.54) is 4.88 Å². The third-order valence-corrected chi connectivity index (χ3v) is 7.35. The molecule has 1 fully saturated rings. The van der Waals surface area contributed by atoms with Gasteiger partial charge in [-0.25, -0.2) is 4.98 Å². The van der Waals surface area contributed by atoms with Gasteiger partial charge in [-0.15, -0.1) is 22.7 Å². The first-order valence-corrected chi connectivity index (χ1v) is 11.9. The quantitative estimate of drug-likeness (QED) is 0.508. The summed E-state index contributed by atoms with van der Waals surface area (Å²) < 4.78 is 6.49. The maximum absolute atomic E-state index is 12.6. The van der Waals surface area contributed by atoms with Crippen molar-refractivity contribution in [3.8, 4) is 16.3 Å². The molecule has 1 amide bonds. The van der Waals surface area contributed by atoms with Crippen LogP contribution in [0.1, 0.15) is 20.2 Å². The molecular formula is C21H22BrN3O2S2. The molecule has 0 N–H and O–H groups in total. The van der Waals surface area contributed by atoms with E-state index in [1.54, 1.807) is 29.8 Å². The van der Waals surface area contributed by atoms with Crippen LogP contribution in [0.2, 0.25) is 0 Å². The predicted molar refractivity (Wildman–Crippen MR) is 122 cm³/mol. The standard InChI is InChI=1S/C21H22BrN3O2S2/c1-14-3-6-19(29-14)21(26)25-9-7-24(8-10-25)12-16-13-28-20(23-16)17-11-15(22)4-5-18(17)27-2/h3-6,11,13H,7-10,12H2,1-2H3. The number of carbonyl (C=O) groups is 1. The molecule has 29 heavy (non-hydrogen) atoms. The van der Waals surface area contributed by atoms with Crippen molar-refractivity contribution in [2.24, 2.45) is 0 Å². The van der Waals surface area contributed by atoms with Crippen molar-refractivity contribution in [1.82, 2.24) is 14.8 Å². The molecule has 1 aliphatic heterocycles. The molecule has 0 aliphatic carbocycles. The number of aromatic nitrogens is 1. The van der Waals surface area contributed by atoms with Crippen LogP contribution < -0.4 is 4.74 Å². The molecule has 2 aromatic heterocycles. The van der Waals surface area contributed by atoms with Crippen LogP contribution in [0.15, 0.2) is 40.2 Å². The van der Waals surface area contributed by atoms with E-state index in [0.29, 0.717) is 0 Å². The molecule has 0 atom stereocenters. The number of benzene rings is 1. The second-order valence-corrected chi connectivity index (χ2v) is 10.0. The number of ether oxygens (including phenoxy) is 1. The summed E-state index contributed by atoms with van der Waals surface area (Å²) in [6.45, 7) is 6.07. The van der Waals surface area contributed by atoms with Crippen LogP contribution in [0.4, 0.5) is 0 Å². The number of aryl methyl sites for hydroxylation is 1. The SMILES string of the molecule is COc1ccc(Br)cc1-c1nc(CN2CCN(C(=O)c3ccc(C)s3)CC2)cs1. The number of nitrogens with zero attached hydrogens (tertiary/aromatic N) is 3. The summed E-state index contributed by atoms with van der Waals surface area (Å²) in [5.74, 6) is 0.977. The molecule has 1 saturated heterocycles. The van der Waals surface area contributed by atoms with E-state index < -0.39 is 0 Å². The Balaban J connectivity index is 1.37. The molecule has 0 saturated carbocycles. The van der Waals surface area contributed by atoms with Gasteiger partial charge in [-0.1, -0.05) is 15.9 Å². The van der Waals surface area contributed by atoms with Crippen molar-refractivity contribution < 1.29 is 9.53 Å². The molecule has 0 spiro atoms. The average molecular weight is 492 g/mol. The smallest absolute Gasteiger partial charge is 0.264 e. The summed E-state index contributed by atoms with van der Waals surface area (Å²) in [4.78, 5) is 23.8. The largest absolute Gasteiger partial charge is 0.496 e. The second kappa shape index (κ2) is 8.95. The number of rotatable bonds is 5. The number of amides is 1. The summed E-state index contributed by atoms with van der Waals surface area (Å²) in [5, 5.41) is 3.07. The fourth-order valence-corrected chi connectivity index (χ4v) is 5.42. The molecule has 0 bridgehead atoms. The number of hydrogen-bond donors (Lipinski definition) is 0. The molecule has 152 valence electrons. The first-order chi connectivity index (χ1) is 14.0. The van der Waals surface area contributed by atoms with Crippen LogP contribution in [0, 0.1) is 6.92 Å². The molecule has 3 heterocycles. The fourth-order valence-electron chi connectivity index (χ4n) is 3.39. The number of halogens is 1. The summed E-state index contributed by atoms with van der Waals surface area (Å²) in [7, 11) is 1.68. The number of thiazole rings is 1. The lowest BCUT2D eigenvalue weighted by Crippen LogP contribution is -2.48. The van der Waals surface area contributed by atoms with Gasteiger partial charge in [0.1, 0.15) is 10.8 Å². The Morgan fingerprint density at radius 3 is 2.69 bits per heavy atom. The lowest BCUT2D eigenvalue weighted by molar-refractivity contribution is 0.0632. The van der Waals surface area contributed by atoms with E-state index in [4.69, 9.17) is 9.72 Å². The topological polar surface area (TPSA) is 45.7 Å². The summed E-state index contributed by atoms with van der Waals surface area (Å²) >= 11 is 6.73. The Labute approximate surface area is 187 Å². The molecular weight excluding hydrogens is 470 g/mol. The molecule has 0 unspecified atom stereocenters. The highest BCUT2D eigenvalue weighted by Crippen LogP contribution is 2.34. The van der Waals surface area contributed by atoms with Crippen molar-refractivity contribution >= 4 is 44.5 Å². The number of hydrogen-bond acceptors (Lipinski definition) is 6. The minimum Gasteiger partial charge on any atom is -0.496 e. The van der Waals surface area contributed by atoms with Gasteiger partial charge in [0, 0.05) is 47.5 Å². The zero-order valence-electron chi connectivity index (χ0n) is 16.4. The third kappa shape index (κ3) is 4.71. The van der Waals surface area contributed by atoms with Crippen LogP contribution >= 0.6 is 38.6 Å². The fraction of sp³-hybridized carbons (Fsp3) is 0.333. The maximum atomic E-state index is 12.6. The number of carbonyl (C=O) groups excluding carboxylic acids is 1. The zero-order chi connectivity index (χ0) is 20.4. The van der Waals surface area contributed by atoms with Gasteiger partial charge in [0.15, 0.2) is 0 Å². The van der Waals surface area contributed by atoms with E-state index in [2.05, 4.69) is 26.2 Å². The minimum atomic E-state index is 0.153. The maximum Gasteiger partial charge on any atom is 0.264 e. The number of piperazine rings is 1. The molecule has 8 heteroatoms. The van der Waals surface area contributed by atoms with Crippen LogP contribution in [-0.4, -0.2) is 54.0 Å². The lowest BCUT2D eigenvalue weighted by Gasteiger charge is -2.34. The van der Waals surface area contributed by atoms with E-state index >= 15 is 0 Å². The highest BCUT2D eigenvalue weighted by molar-refractivity contribution is 9.10. The predicted octanol–water partition coefficient (Wildman–Crippen LogP) is 4.91. The lowest BCUT2D eigenvalue weighted by atomic mass is 10.2. The number of methoxy groups -OCH3 is 1. The minimum absolute atomic E-state index is 0.153. The van der Waals surface area contributed by atoms with Gasteiger partial charge in [-0.05, 0) is 37.3 Å². The van der Waals surface area contributed by atoms with Gasteiger partial charge in [0.25, 0.3) is 5.91 Å². The van der Waals surface area contributed by atoms with Gasteiger partial charge in [-0.3, -0.25) is 9.69 Å². The van der Waals surface area contributed by atoms with Gasteiger partial charge in [-0.2, -0.15) is 0 Å². The van der Waals surface area contributed by atoms with Crippen LogP contribution in [0.3, 0.4) is 0 Å². The zero-order valence-corrected chi connectivity index (χ0v) is 19.6. The van der Waals surface area contributed by atoms with Gasteiger partial charge < -0.3 is 9.64 Å². The highest BCUT2D eigenvalue weighted by atomic mass is 79.9.